The Hall–Kier alpha value is -3.24. The first-order valence-corrected chi connectivity index (χ1v) is 10.5. The van der Waals surface area contributed by atoms with E-state index in [-0.39, 0.29) is 17.2 Å². The van der Waals surface area contributed by atoms with Gasteiger partial charge >= 0.3 is 12.1 Å². The molecule has 186 valence electrons. The number of esters is 1. The van der Waals surface area contributed by atoms with E-state index in [4.69, 9.17) is 4.74 Å². The summed E-state index contributed by atoms with van der Waals surface area (Å²) in [6.07, 6.45) is -3.94. The molecule has 0 fully saturated rings. The number of hydrogen-bond donors (Lipinski definition) is 1. The number of nitrogens with zero attached hydrogens (tertiary/aromatic N) is 1. The Bertz CT molecular complexity index is 1130. The number of carbonyl (C=O) groups is 3. The molecule has 1 aromatic carbocycles. The average Bonchev–Trinajstić information content (AvgIpc) is 2.72. The van der Waals surface area contributed by atoms with Gasteiger partial charge in [-0.05, 0) is 56.8 Å². The summed E-state index contributed by atoms with van der Waals surface area (Å²) in [7, 11) is 0. The smallest absolute Gasteiger partial charge is 0.416 e. The lowest BCUT2D eigenvalue weighted by atomic mass is 10.1. The van der Waals surface area contributed by atoms with Crippen LogP contribution < -0.4 is 10.9 Å². The minimum absolute atomic E-state index is 0.0353. The maximum atomic E-state index is 13.0. The van der Waals surface area contributed by atoms with Gasteiger partial charge in [0.1, 0.15) is 24.4 Å². The number of benzene rings is 1. The number of alkyl halides is 4. The van der Waals surface area contributed by atoms with Crippen molar-refractivity contribution in [1.82, 2.24) is 9.88 Å². The molecule has 0 aliphatic rings. The highest BCUT2D eigenvalue weighted by Gasteiger charge is 2.32. The number of nitrogens with one attached hydrogen (secondary N) is 1. The lowest BCUT2D eigenvalue weighted by Crippen LogP contribution is -2.47. The molecule has 7 nitrogen and oxygen atoms in total. The van der Waals surface area contributed by atoms with Crippen LogP contribution in [0.3, 0.4) is 0 Å². The average molecular weight is 486 g/mol. The molecule has 0 spiro atoms. The number of fused-ring (bicyclic) bond motifs is 1. The molecular formula is C23H26F4N2O5. The van der Waals surface area contributed by atoms with Gasteiger partial charge in [0.2, 0.25) is 5.91 Å². The molecule has 2 aromatic rings. The zero-order chi connectivity index (χ0) is 25.8. The van der Waals surface area contributed by atoms with Gasteiger partial charge in [-0.1, -0.05) is 6.92 Å². The molecule has 2 rings (SSSR count). The predicted octanol–water partition coefficient (Wildman–Crippen LogP) is 3.73. The van der Waals surface area contributed by atoms with Crippen LogP contribution in [0.15, 0.2) is 35.3 Å². The molecule has 1 heterocycles. The van der Waals surface area contributed by atoms with E-state index < -0.39 is 65.7 Å². The number of hydrogen-bond acceptors (Lipinski definition) is 5. The topological polar surface area (TPSA) is 94.5 Å². The Balaban J connectivity index is 2.34. The van der Waals surface area contributed by atoms with E-state index in [1.54, 1.807) is 27.7 Å². The van der Waals surface area contributed by atoms with Crippen LogP contribution in [-0.2, 0) is 25.3 Å². The van der Waals surface area contributed by atoms with Crippen molar-refractivity contribution in [2.24, 2.45) is 0 Å². The molecule has 34 heavy (non-hydrogen) atoms. The number of Topliss-reactive ketones (excluding diaryl/α,β-unsaturated/α-hetero) is 1. The van der Waals surface area contributed by atoms with Crippen LogP contribution in [0, 0.1) is 0 Å². The van der Waals surface area contributed by atoms with Gasteiger partial charge in [0.05, 0.1) is 12.0 Å². The first kappa shape index (κ1) is 27.0. The normalized spacial score (nSPS) is 13.9. The standard InChI is InChI=1S/C23H26F4N2O5/c1-5-17(20(32)28-16(18(30)12-24)11-19(31)34-22(2,3)4)29-9-8-13-10-14(23(25,26)27)6-7-15(13)21(29)33/h6-10,16-17H,5,11-12H2,1-4H3,(H,28,32)/t16?,17-/m0/s1. The Morgan fingerprint density at radius 3 is 2.29 bits per heavy atom. The highest BCUT2D eigenvalue weighted by atomic mass is 19.4. The third-order valence-corrected chi connectivity index (χ3v) is 4.91. The summed E-state index contributed by atoms with van der Waals surface area (Å²) >= 11 is 0. The van der Waals surface area contributed by atoms with E-state index >= 15 is 0 Å². The largest absolute Gasteiger partial charge is 0.460 e. The van der Waals surface area contributed by atoms with Crippen molar-refractivity contribution in [3.8, 4) is 0 Å². The van der Waals surface area contributed by atoms with Crippen LogP contribution in [0.25, 0.3) is 10.8 Å². The summed E-state index contributed by atoms with van der Waals surface area (Å²) < 4.78 is 58.1. The second kappa shape index (κ2) is 10.4. The highest BCUT2D eigenvalue weighted by molar-refractivity contribution is 5.94. The van der Waals surface area contributed by atoms with Crippen LogP contribution in [0.5, 0.6) is 0 Å². The Labute approximate surface area is 193 Å². The number of rotatable bonds is 8. The number of ketones is 1. The summed E-state index contributed by atoms with van der Waals surface area (Å²) in [4.78, 5) is 49.9. The van der Waals surface area contributed by atoms with Crippen molar-refractivity contribution >= 4 is 28.4 Å². The van der Waals surface area contributed by atoms with E-state index in [0.29, 0.717) is 0 Å². The Morgan fingerprint density at radius 2 is 1.76 bits per heavy atom. The van der Waals surface area contributed by atoms with E-state index in [2.05, 4.69) is 5.32 Å². The van der Waals surface area contributed by atoms with E-state index in [1.165, 1.54) is 12.3 Å². The van der Waals surface area contributed by atoms with Crippen LogP contribution in [-0.4, -0.2) is 40.5 Å². The lowest BCUT2D eigenvalue weighted by molar-refractivity contribution is -0.156. The second-order valence-electron chi connectivity index (χ2n) is 8.70. The van der Waals surface area contributed by atoms with Crippen LogP contribution in [0.1, 0.15) is 52.1 Å². The van der Waals surface area contributed by atoms with E-state index in [1.807, 2.05) is 0 Å². The minimum atomic E-state index is -4.58. The fraction of sp³-hybridized carbons (Fsp3) is 0.478. The van der Waals surface area contributed by atoms with E-state index in [9.17, 15) is 36.7 Å². The Morgan fingerprint density at radius 1 is 1.12 bits per heavy atom. The number of aromatic nitrogens is 1. The lowest BCUT2D eigenvalue weighted by Gasteiger charge is -2.24. The van der Waals surface area contributed by atoms with Gasteiger partial charge in [-0.15, -0.1) is 0 Å². The maximum absolute atomic E-state index is 13.0. The molecule has 0 bridgehead atoms. The van der Waals surface area contributed by atoms with Gasteiger partial charge in [0, 0.05) is 11.6 Å². The minimum Gasteiger partial charge on any atom is -0.460 e. The first-order chi connectivity index (χ1) is 15.7. The zero-order valence-electron chi connectivity index (χ0n) is 19.2. The molecular weight excluding hydrogens is 460 g/mol. The van der Waals surface area contributed by atoms with Crippen molar-refractivity contribution < 1.29 is 36.7 Å². The summed E-state index contributed by atoms with van der Waals surface area (Å²) in [5, 5.41) is 2.31. The van der Waals surface area contributed by atoms with Gasteiger partial charge in [-0.3, -0.25) is 19.2 Å². The predicted molar refractivity (Wildman–Crippen MR) is 116 cm³/mol. The molecule has 1 N–H and O–H groups in total. The summed E-state index contributed by atoms with van der Waals surface area (Å²) in [5.41, 5.74) is -2.49. The monoisotopic (exact) mass is 486 g/mol. The maximum Gasteiger partial charge on any atom is 0.416 e. The third-order valence-electron chi connectivity index (χ3n) is 4.91. The fourth-order valence-corrected chi connectivity index (χ4v) is 3.35. The number of amides is 1. The van der Waals surface area contributed by atoms with Crippen molar-refractivity contribution in [2.45, 2.75) is 64.4 Å². The highest BCUT2D eigenvalue weighted by Crippen LogP contribution is 2.31. The fourth-order valence-electron chi connectivity index (χ4n) is 3.35. The molecule has 1 aromatic heterocycles. The van der Waals surface area contributed by atoms with Gasteiger partial charge < -0.3 is 14.6 Å². The molecule has 0 saturated carbocycles. The first-order valence-electron chi connectivity index (χ1n) is 10.5. The van der Waals surface area contributed by atoms with Crippen LogP contribution in [0.2, 0.25) is 0 Å². The summed E-state index contributed by atoms with van der Waals surface area (Å²) in [6, 6.07) is 1.23. The summed E-state index contributed by atoms with van der Waals surface area (Å²) in [5.74, 6) is -2.69. The van der Waals surface area contributed by atoms with E-state index in [0.717, 1.165) is 22.8 Å². The zero-order valence-corrected chi connectivity index (χ0v) is 19.2. The van der Waals surface area contributed by atoms with Crippen molar-refractivity contribution in [2.75, 3.05) is 6.67 Å². The summed E-state index contributed by atoms with van der Waals surface area (Å²) in [6.45, 7) is 4.96. The quantitative estimate of drug-likeness (QED) is 0.453. The molecule has 1 unspecified atom stereocenters. The van der Waals surface area contributed by atoms with Crippen LogP contribution >= 0.6 is 0 Å². The number of pyridine rings is 1. The number of halogens is 4. The molecule has 0 aliphatic carbocycles. The number of carbonyl (C=O) groups excluding carboxylic acids is 3. The molecule has 0 aliphatic heterocycles. The van der Waals surface area contributed by atoms with Crippen LogP contribution in [0.4, 0.5) is 17.6 Å². The SMILES string of the molecule is CC[C@@H](C(=O)NC(CC(=O)OC(C)(C)C)C(=O)CF)n1ccc2cc(C(F)(F)F)ccc2c1=O. The van der Waals surface area contributed by atoms with Gasteiger partial charge in [0.15, 0.2) is 5.78 Å². The van der Waals surface area contributed by atoms with Gasteiger partial charge in [-0.25, -0.2) is 4.39 Å². The molecule has 0 radical (unpaired) electrons. The molecule has 11 heteroatoms. The van der Waals surface area contributed by atoms with Crippen molar-refractivity contribution in [3.63, 3.8) is 0 Å². The molecule has 0 saturated heterocycles. The Kier molecular flexibility index (Phi) is 8.22. The number of ether oxygens (including phenoxy) is 1. The second-order valence-corrected chi connectivity index (χ2v) is 8.70. The third kappa shape index (κ3) is 6.64. The van der Waals surface area contributed by atoms with Crippen molar-refractivity contribution in [1.29, 1.82) is 0 Å². The van der Waals surface area contributed by atoms with Gasteiger partial charge in [-0.2, -0.15) is 13.2 Å². The molecule has 2 atom stereocenters. The van der Waals surface area contributed by atoms with Gasteiger partial charge in [0.25, 0.3) is 5.56 Å². The molecule has 1 amide bonds. The van der Waals surface area contributed by atoms with Crippen molar-refractivity contribution in [3.05, 3.63) is 46.4 Å².